The highest BCUT2D eigenvalue weighted by atomic mass is 14.7. The molecular weight excluding hydrogens is 134 g/mol. The van der Waals surface area contributed by atoms with Crippen LogP contribution >= 0.6 is 0 Å². The first-order valence-corrected chi connectivity index (χ1v) is 4.03. The normalized spacial score (nSPS) is 14.6. The quantitative estimate of drug-likeness (QED) is 0.531. The van der Waals surface area contributed by atoms with Gasteiger partial charge in [0.2, 0.25) is 0 Å². The van der Waals surface area contributed by atoms with Crippen LogP contribution in [0.3, 0.4) is 0 Å². The number of rotatable bonds is 0. The van der Waals surface area contributed by atoms with Gasteiger partial charge in [0, 0.05) is 12.0 Å². The molecule has 1 aliphatic heterocycles. The second-order valence-corrected chi connectivity index (χ2v) is 2.99. The number of nitrogens with one attached hydrogen (secondary N) is 1. The van der Waals surface area contributed by atoms with Gasteiger partial charge in [0.15, 0.2) is 6.21 Å². The molecule has 1 heterocycles. The minimum Gasteiger partial charge on any atom is -0.247 e. The van der Waals surface area contributed by atoms with Crippen LogP contribution in [0.15, 0.2) is 18.2 Å². The molecule has 0 saturated carbocycles. The summed E-state index contributed by atoms with van der Waals surface area (Å²) in [6.45, 7) is 3.26. The van der Waals surface area contributed by atoms with Gasteiger partial charge in [-0.05, 0) is 24.1 Å². The Morgan fingerprint density at radius 3 is 3.09 bits per heavy atom. The predicted molar refractivity (Wildman–Crippen MR) is 45.9 cm³/mol. The average Bonchev–Trinajstić information content (AvgIpc) is 2.06. The summed E-state index contributed by atoms with van der Waals surface area (Å²) >= 11 is 0. The largest absolute Gasteiger partial charge is 0.247 e. The van der Waals surface area contributed by atoms with E-state index in [1.54, 1.807) is 0 Å². The molecule has 0 spiro atoms. The van der Waals surface area contributed by atoms with Crippen LogP contribution in [0.25, 0.3) is 0 Å². The molecule has 0 radical (unpaired) electrons. The van der Waals surface area contributed by atoms with E-state index in [0.717, 1.165) is 6.54 Å². The number of benzene rings is 1. The molecule has 1 aromatic carbocycles. The van der Waals surface area contributed by atoms with Crippen LogP contribution in [0, 0.1) is 6.92 Å². The molecule has 1 aliphatic rings. The van der Waals surface area contributed by atoms with Gasteiger partial charge in [-0.25, -0.2) is 4.99 Å². The van der Waals surface area contributed by atoms with Crippen molar-refractivity contribution in [1.29, 1.82) is 0 Å². The van der Waals surface area contributed by atoms with Gasteiger partial charge in [0.25, 0.3) is 0 Å². The van der Waals surface area contributed by atoms with E-state index in [2.05, 4.69) is 36.3 Å². The number of hydrogen-bond acceptors (Lipinski definition) is 0. The maximum Gasteiger partial charge on any atom is 0.169 e. The number of hydrogen-bond donors (Lipinski definition) is 1. The van der Waals surface area contributed by atoms with E-state index >= 15 is 0 Å². The van der Waals surface area contributed by atoms with Crippen LogP contribution in [0.5, 0.6) is 0 Å². The molecule has 1 nitrogen and oxygen atoms in total. The monoisotopic (exact) mass is 146 g/mol. The van der Waals surface area contributed by atoms with Gasteiger partial charge in [-0.1, -0.05) is 12.1 Å². The van der Waals surface area contributed by atoms with Gasteiger partial charge < -0.3 is 0 Å². The molecule has 0 aromatic heterocycles. The lowest BCUT2D eigenvalue weighted by atomic mass is 9.98. The highest BCUT2D eigenvalue weighted by Crippen LogP contribution is 2.12. The molecule has 0 fully saturated rings. The summed E-state index contributed by atoms with van der Waals surface area (Å²) in [5.41, 5.74) is 4.28. The van der Waals surface area contributed by atoms with Crippen molar-refractivity contribution in [3.8, 4) is 0 Å². The third-order valence-corrected chi connectivity index (χ3v) is 2.22. The van der Waals surface area contributed by atoms with E-state index in [0.29, 0.717) is 0 Å². The Hall–Kier alpha value is -1.11. The molecule has 1 N–H and O–H groups in total. The zero-order valence-electron chi connectivity index (χ0n) is 6.72. The number of aryl methyl sites for hydroxylation is 1. The molecule has 0 aliphatic carbocycles. The molecule has 56 valence electrons. The second-order valence-electron chi connectivity index (χ2n) is 2.99. The van der Waals surface area contributed by atoms with E-state index in [1.165, 1.54) is 23.1 Å². The molecule has 2 rings (SSSR count). The average molecular weight is 146 g/mol. The zero-order valence-corrected chi connectivity index (χ0v) is 6.72. The van der Waals surface area contributed by atoms with E-state index in [-0.39, 0.29) is 0 Å². The molecule has 0 bridgehead atoms. The Labute approximate surface area is 66.8 Å². The van der Waals surface area contributed by atoms with Gasteiger partial charge in [-0.15, -0.1) is 0 Å². The number of fused-ring (bicyclic) bond motifs is 1. The fraction of sp³-hybridized carbons (Fsp3) is 0.300. The second kappa shape index (κ2) is 2.50. The molecule has 0 unspecified atom stereocenters. The van der Waals surface area contributed by atoms with Crippen LogP contribution < -0.4 is 4.99 Å². The van der Waals surface area contributed by atoms with E-state index in [9.17, 15) is 0 Å². The minimum atomic E-state index is 1.08. The zero-order chi connectivity index (χ0) is 7.68. The Morgan fingerprint density at radius 2 is 2.27 bits per heavy atom. The van der Waals surface area contributed by atoms with Crippen LogP contribution in [0.1, 0.15) is 16.7 Å². The summed E-state index contributed by atoms with van der Waals surface area (Å²) in [6.07, 6.45) is 3.27. The molecule has 1 heteroatoms. The molecule has 0 amide bonds. The van der Waals surface area contributed by atoms with Crippen molar-refractivity contribution >= 4 is 6.21 Å². The van der Waals surface area contributed by atoms with Crippen molar-refractivity contribution in [3.63, 3.8) is 0 Å². The fourth-order valence-electron chi connectivity index (χ4n) is 1.58. The first-order chi connectivity index (χ1) is 5.38. The molecule has 1 aromatic rings. The predicted octanol–water partition coefficient (Wildman–Crippen LogP) is 0.0506. The molecular formula is C10H12N+. The summed E-state index contributed by atoms with van der Waals surface area (Å²) < 4.78 is 0. The van der Waals surface area contributed by atoms with Crippen molar-refractivity contribution in [2.24, 2.45) is 0 Å². The van der Waals surface area contributed by atoms with E-state index in [4.69, 9.17) is 0 Å². The fourth-order valence-corrected chi connectivity index (χ4v) is 1.58. The van der Waals surface area contributed by atoms with Gasteiger partial charge in [-0.2, -0.15) is 0 Å². The van der Waals surface area contributed by atoms with Crippen molar-refractivity contribution in [2.75, 3.05) is 6.54 Å². The summed E-state index contributed by atoms with van der Waals surface area (Å²) in [6, 6.07) is 6.45. The van der Waals surface area contributed by atoms with Crippen molar-refractivity contribution in [3.05, 3.63) is 34.9 Å². The summed E-state index contributed by atoms with van der Waals surface area (Å²) in [7, 11) is 0. The van der Waals surface area contributed by atoms with Crippen LogP contribution in [0.4, 0.5) is 0 Å². The third-order valence-electron chi connectivity index (χ3n) is 2.22. The Bertz CT molecular complexity index is 300. The smallest absolute Gasteiger partial charge is 0.169 e. The third kappa shape index (κ3) is 1.07. The molecule has 11 heavy (non-hydrogen) atoms. The minimum absolute atomic E-state index is 1.08. The Balaban J connectivity index is 2.60. The van der Waals surface area contributed by atoms with Crippen LogP contribution in [0.2, 0.25) is 0 Å². The van der Waals surface area contributed by atoms with Crippen LogP contribution in [-0.2, 0) is 6.42 Å². The van der Waals surface area contributed by atoms with E-state index in [1.807, 2.05) is 0 Å². The topological polar surface area (TPSA) is 14.0 Å². The van der Waals surface area contributed by atoms with Gasteiger partial charge in [-0.3, -0.25) is 0 Å². The maximum atomic E-state index is 3.24. The lowest BCUT2D eigenvalue weighted by Gasteiger charge is -2.08. The highest BCUT2D eigenvalue weighted by molar-refractivity contribution is 5.78. The molecule has 0 atom stereocenters. The van der Waals surface area contributed by atoms with Crippen molar-refractivity contribution < 1.29 is 4.99 Å². The highest BCUT2D eigenvalue weighted by Gasteiger charge is 2.09. The SMILES string of the molecule is Cc1cccc2c1CC[NH+]=C2. The van der Waals surface area contributed by atoms with Crippen LogP contribution in [-0.4, -0.2) is 12.8 Å². The van der Waals surface area contributed by atoms with Gasteiger partial charge in [0.1, 0.15) is 6.54 Å². The lowest BCUT2D eigenvalue weighted by molar-refractivity contribution is -0.452. The van der Waals surface area contributed by atoms with E-state index < -0.39 is 0 Å². The van der Waals surface area contributed by atoms with Crippen molar-refractivity contribution in [1.82, 2.24) is 0 Å². The summed E-state index contributed by atoms with van der Waals surface area (Å²) in [5, 5.41) is 0. The summed E-state index contributed by atoms with van der Waals surface area (Å²) in [4.78, 5) is 3.24. The maximum absolute atomic E-state index is 3.24. The van der Waals surface area contributed by atoms with Gasteiger partial charge >= 0.3 is 0 Å². The Kier molecular flexibility index (Phi) is 1.50. The Morgan fingerprint density at radius 1 is 1.36 bits per heavy atom. The lowest BCUT2D eigenvalue weighted by Crippen LogP contribution is -2.71. The first-order valence-electron chi connectivity index (χ1n) is 4.03. The van der Waals surface area contributed by atoms with Gasteiger partial charge in [0.05, 0.1) is 0 Å². The standard InChI is InChI=1S/C10H11N/c1-8-3-2-4-9-7-11-6-5-10(8)9/h2-4,7H,5-6H2,1H3/p+1. The first kappa shape index (κ1) is 6.59. The van der Waals surface area contributed by atoms with Crippen molar-refractivity contribution in [2.45, 2.75) is 13.3 Å². The molecule has 0 saturated heterocycles. The summed E-state index contributed by atoms with van der Waals surface area (Å²) in [5.74, 6) is 0.